The third-order valence-electron chi connectivity index (χ3n) is 28.6. The highest BCUT2D eigenvalue weighted by atomic mass is 32.1. The number of hydrogen-bond acceptors (Lipinski definition) is 7. The van der Waals surface area contributed by atoms with Crippen molar-refractivity contribution in [3.63, 3.8) is 0 Å². The number of hydrogen-bond donors (Lipinski definition) is 0. The lowest BCUT2D eigenvalue weighted by Crippen LogP contribution is -2.00. The van der Waals surface area contributed by atoms with E-state index in [0.29, 0.717) is 34.9 Å². The molecule has 1 aliphatic carbocycles. The summed E-state index contributed by atoms with van der Waals surface area (Å²) in [5.74, 6) is 3.91. The molecule has 0 saturated carbocycles. The first-order chi connectivity index (χ1) is 69.4. The molecule has 9 heterocycles. The predicted octanol–water partition coefficient (Wildman–Crippen LogP) is 32.3. The van der Waals surface area contributed by atoms with E-state index in [1.807, 2.05) is 72.8 Å². The minimum Gasteiger partial charge on any atom is -0.309 e. The smallest absolute Gasteiger partial charge is 0.165 e. The van der Waals surface area contributed by atoms with Crippen LogP contribution >= 0.6 is 11.3 Å². The van der Waals surface area contributed by atoms with Gasteiger partial charge in [0.15, 0.2) is 34.9 Å². The molecule has 29 aromatic rings. The van der Waals surface area contributed by atoms with Crippen LogP contribution in [-0.2, 0) is 6.42 Å². The van der Waals surface area contributed by atoms with Crippen molar-refractivity contribution in [2.45, 2.75) is 6.42 Å². The topological polar surface area (TPSA) is 107 Å². The van der Waals surface area contributed by atoms with E-state index in [2.05, 4.69) is 416 Å². The molecule has 0 aliphatic heterocycles. The van der Waals surface area contributed by atoms with Crippen LogP contribution in [-0.4, -0.2) is 57.3 Å². The lowest BCUT2D eigenvalue weighted by atomic mass is 10.0. The highest BCUT2D eigenvalue weighted by Crippen LogP contribution is 2.49. The van der Waals surface area contributed by atoms with Gasteiger partial charge in [0.25, 0.3) is 0 Å². The van der Waals surface area contributed by atoms with Crippen molar-refractivity contribution >= 4 is 162 Å². The molecule has 140 heavy (non-hydrogen) atoms. The second-order valence-corrected chi connectivity index (χ2v) is 37.4. The van der Waals surface area contributed by atoms with Crippen molar-refractivity contribution in [3.05, 3.63) is 472 Å². The van der Waals surface area contributed by atoms with Crippen molar-refractivity contribution in [3.8, 4) is 114 Å². The standard InChI is InChI=1S/C64H40N6.C63H38N6S/c1-3-15-40(16-4-1)62-65-63(41-17-5-2-6-18-41)67-64(66-62)44-28-27-42-35-43-29-30-45(37-53(43)52(42)36-44)70-60-33-31-46(68-56-23-11-7-19-48(56)49-20-8-12-24-57(49)68)38-54(60)55-39-47(32-34-61(55)70)69-58-25-13-9-21-50(58)51-22-10-14-26-59(51)69;1-3-17-39(18-4-1)61-64-62(40-19-5-2-6-20-40)66-63(65-61)49-27-15-25-47-48-26-16-32-58(60(48)70-59(47)49)69-56-35-33-41(67-52-28-11-7-21-43(52)44-22-8-12-29-53(44)67)37-50(56)51-38-42(34-36-57(51)69)68-54-30-13-9-23-45(54)46-24-10-14-31-55(46)68/h1-34,36-39H,35H2;1-38H. The van der Waals surface area contributed by atoms with Gasteiger partial charge < -0.3 is 27.4 Å². The lowest BCUT2D eigenvalue weighted by molar-refractivity contribution is 1.07. The normalized spacial score (nSPS) is 12.1. The van der Waals surface area contributed by atoms with Gasteiger partial charge in [0.05, 0.1) is 76.6 Å². The molecule has 0 fully saturated rings. The molecule has 0 radical (unpaired) electrons. The van der Waals surface area contributed by atoms with Crippen LogP contribution < -0.4 is 0 Å². The van der Waals surface area contributed by atoms with E-state index >= 15 is 0 Å². The number of thiophene rings is 1. The summed E-state index contributed by atoms with van der Waals surface area (Å²) in [5, 5.41) is 17.1. The van der Waals surface area contributed by atoms with Crippen LogP contribution in [0.2, 0.25) is 0 Å². The molecule has 0 saturated heterocycles. The van der Waals surface area contributed by atoms with E-state index in [1.165, 1.54) is 146 Å². The van der Waals surface area contributed by atoms with Gasteiger partial charge in [-0.15, -0.1) is 11.3 Å². The summed E-state index contributed by atoms with van der Waals surface area (Å²) in [6.07, 6.45) is 0.865. The van der Waals surface area contributed by atoms with Gasteiger partial charge in [-0.25, -0.2) is 29.9 Å². The fraction of sp³-hybridized carbons (Fsp3) is 0.00787. The Morgan fingerprint density at radius 2 is 0.407 bits per heavy atom. The van der Waals surface area contributed by atoms with E-state index in [4.69, 9.17) is 29.9 Å². The van der Waals surface area contributed by atoms with Crippen LogP contribution in [0.5, 0.6) is 0 Å². The molecule has 1 aliphatic rings. The Kier molecular flexibility index (Phi) is 17.8. The molecule has 0 atom stereocenters. The largest absolute Gasteiger partial charge is 0.309 e. The zero-order valence-corrected chi connectivity index (χ0v) is 76.2. The summed E-state index contributed by atoms with van der Waals surface area (Å²) >= 11 is 1.81. The highest BCUT2D eigenvalue weighted by Gasteiger charge is 2.29. The highest BCUT2D eigenvalue weighted by molar-refractivity contribution is 7.26. The first-order valence-corrected chi connectivity index (χ1v) is 48.3. The van der Waals surface area contributed by atoms with Crippen LogP contribution in [0.25, 0.3) is 265 Å². The number of nitrogens with zero attached hydrogens (tertiary/aromatic N) is 12. The van der Waals surface area contributed by atoms with Gasteiger partial charge >= 0.3 is 0 Å². The Morgan fingerprint density at radius 1 is 0.157 bits per heavy atom. The molecule has 0 unspecified atom stereocenters. The maximum absolute atomic E-state index is 5.18. The van der Waals surface area contributed by atoms with E-state index in [9.17, 15) is 0 Å². The first-order valence-electron chi connectivity index (χ1n) is 47.5. The minimum atomic E-state index is 0.647. The molecular weight excluding hydrogens is 1730 g/mol. The van der Waals surface area contributed by atoms with E-state index < -0.39 is 0 Å². The van der Waals surface area contributed by atoms with Gasteiger partial charge in [0.1, 0.15) is 0 Å². The average Bonchev–Trinajstić information content (AvgIpc) is 1.55. The lowest BCUT2D eigenvalue weighted by Gasteiger charge is -2.13. The van der Waals surface area contributed by atoms with Gasteiger partial charge in [-0.05, 0) is 180 Å². The van der Waals surface area contributed by atoms with Gasteiger partial charge in [-0.2, -0.15) is 0 Å². The van der Waals surface area contributed by atoms with Crippen molar-refractivity contribution in [1.29, 1.82) is 0 Å². The predicted molar refractivity (Wildman–Crippen MR) is 579 cm³/mol. The van der Waals surface area contributed by atoms with E-state index in [1.54, 1.807) is 11.3 Å². The average molecular weight is 1800 g/mol. The monoisotopic (exact) mass is 1800 g/mol. The number of rotatable bonds is 12. The molecule has 9 aromatic heterocycles. The number of para-hydroxylation sites is 8. The summed E-state index contributed by atoms with van der Waals surface area (Å²) in [7, 11) is 0. The van der Waals surface area contributed by atoms with Crippen molar-refractivity contribution in [2.24, 2.45) is 0 Å². The summed E-state index contributed by atoms with van der Waals surface area (Å²) in [5.41, 5.74) is 31.7. The van der Waals surface area contributed by atoms with E-state index in [-0.39, 0.29) is 0 Å². The second-order valence-electron chi connectivity index (χ2n) is 36.4. The molecule has 13 heteroatoms. The fourth-order valence-corrected chi connectivity index (χ4v) is 23.7. The molecule has 0 bridgehead atoms. The Hall–Kier alpha value is -18.6. The molecule has 652 valence electrons. The molecular formula is C127H78N12S. The molecule has 12 nitrogen and oxygen atoms in total. The summed E-state index contributed by atoms with van der Waals surface area (Å²) in [6.45, 7) is 0. The van der Waals surface area contributed by atoms with Crippen molar-refractivity contribution < 1.29 is 0 Å². The third-order valence-corrected chi connectivity index (χ3v) is 29.9. The van der Waals surface area contributed by atoms with Gasteiger partial charge in [-0.1, -0.05) is 309 Å². The maximum atomic E-state index is 5.18. The van der Waals surface area contributed by atoms with Crippen molar-refractivity contribution in [1.82, 2.24) is 57.3 Å². The zero-order valence-electron chi connectivity index (χ0n) is 75.4. The third kappa shape index (κ3) is 12.4. The van der Waals surface area contributed by atoms with Crippen LogP contribution in [0.4, 0.5) is 0 Å². The number of benzene rings is 20. The summed E-state index contributed by atoms with van der Waals surface area (Å²) in [6, 6.07) is 166. The minimum absolute atomic E-state index is 0.647. The number of aromatic nitrogens is 12. The van der Waals surface area contributed by atoms with Gasteiger partial charge in [0, 0.05) is 142 Å². The zero-order chi connectivity index (χ0) is 91.7. The molecule has 0 amide bonds. The first kappa shape index (κ1) is 78.9. The molecule has 20 aromatic carbocycles. The summed E-state index contributed by atoms with van der Waals surface area (Å²) in [4.78, 5) is 30.5. The van der Waals surface area contributed by atoms with E-state index in [0.717, 1.165) is 101 Å². The summed E-state index contributed by atoms with van der Waals surface area (Å²) < 4.78 is 17.0. The second kappa shape index (κ2) is 31.5. The van der Waals surface area contributed by atoms with Crippen LogP contribution in [0, 0.1) is 0 Å². The Balaban J connectivity index is 0.000000134. The fourth-order valence-electron chi connectivity index (χ4n) is 22.4. The number of fused-ring (bicyclic) bond motifs is 24. The molecule has 30 rings (SSSR count). The SMILES string of the molecule is c1ccc(-c2nc(-c3ccccc3)nc(-c3ccc4c(c3)-c3cc(-n5c6ccc(-n7c8ccccc8c8ccccc87)cc6c6cc(-n7c8ccccc8c8ccccc87)ccc65)ccc3C4)n2)cc1.c1ccc(-c2nc(-c3ccccc3)nc(-c3cccc4c3sc3c(-n5c6ccc(-n7c8ccccc8c8ccccc87)cc6c6cc(-n7c8ccccc8c8ccccc87)ccc65)cccc34)n2)cc1. The quantitative estimate of drug-likeness (QED) is 0.121. The van der Waals surface area contributed by atoms with Crippen LogP contribution in [0.1, 0.15) is 11.1 Å². The van der Waals surface area contributed by atoms with Crippen LogP contribution in [0.15, 0.2) is 461 Å². The van der Waals surface area contributed by atoms with Gasteiger partial charge in [-0.3, -0.25) is 0 Å². The van der Waals surface area contributed by atoms with Crippen LogP contribution in [0.3, 0.4) is 0 Å². The Labute approximate surface area is 806 Å². The van der Waals surface area contributed by atoms with Gasteiger partial charge in [0.2, 0.25) is 0 Å². The molecule has 0 spiro atoms. The molecule has 0 N–H and O–H groups in total. The Bertz CT molecular complexity index is 9530. The van der Waals surface area contributed by atoms with Crippen molar-refractivity contribution in [2.75, 3.05) is 0 Å². The Morgan fingerprint density at radius 3 is 0.750 bits per heavy atom. The maximum Gasteiger partial charge on any atom is 0.165 e.